The summed E-state index contributed by atoms with van der Waals surface area (Å²) in [5.74, 6) is -0.112. The van der Waals surface area contributed by atoms with Crippen LogP contribution < -0.4 is 10.2 Å². The zero-order chi connectivity index (χ0) is 14.3. The fraction of sp³-hybridized carbons (Fsp3) is 0.500. The van der Waals surface area contributed by atoms with Crippen molar-refractivity contribution in [2.75, 3.05) is 31.1 Å². The molecule has 5 nitrogen and oxygen atoms in total. The van der Waals surface area contributed by atoms with Crippen LogP contribution in [0.5, 0.6) is 0 Å². The van der Waals surface area contributed by atoms with Gasteiger partial charge in [-0.05, 0) is 13.8 Å². The maximum Gasteiger partial charge on any atom is 0.226 e. The number of nitrogens with one attached hydrogen (secondary N) is 1. The Morgan fingerprint density at radius 2 is 2.05 bits per heavy atom. The average molecular weight is 279 g/mol. The fourth-order valence-electron chi connectivity index (χ4n) is 2.35. The van der Waals surface area contributed by atoms with Crippen LogP contribution in [0, 0.1) is 5.82 Å². The molecule has 0 saturated carbocycles. The number of hydrogen-bond acceptors (Lipinski definition) is 5. The molecule has 0 bridgehead atoms. The van der Waals surface area contributed by atoms with Gasteiger partial charge in [-0.15, -0.1) is 0 Å². The summed E-state index contributed by atoms with van der Waals surface area (Å²) in [7, 11) is 0. The van der Waals surface area contributed by atoms with E-state index in [1.54, 1.807) is 19.9 Å². The maximum atomic E-state index is 14.2. The van der Waals surface area contributed by atoms with Gasteiger partial charge in [0.05, 0.1) is 5.69 Å². The first-order valence-corrected chi connectivity index (χ1v) is 6.74. The van der Waals surface area contributed by atoms with Crippen LogP contribution >= 0.6 is 0 Å². The van der Waals surface area contributed by atoms with Crippen LogP contribution in [-0.4, -0.2) is 36.3 Å². The molecule has 1 aliphatic rings. The lowest BCUT2D eigenvalue weighted by Crippen LogP contribution is -2.43. The number of fused-ring (bicyclic) bond motifs is 1. The second kappa shape index (κ2) is 4.71. The predicted molar refractivity (Wildman–Crippen MR) is 74.3 cm³/mol. The van der Waals surface area contributed by atoms with Crippen molar-refractivity contribution >= 4 is 16.8 Å². The number of anilines is 1. The molecule has 2 N–H and O–H groups in total. The van der Waals surface area contributed by atoms with Crippen molar-refractivity contribution in [3.05, 3.63) is 23.8 Å². The number of aliphatic hydroxyl groups is 1. The fourth-order valence-corrected chi connectivity index (χ4v) is 2.35. The van der Waals surface area contributed by atoms with Crippen LogP contribution in [0.3, 0.4) is 0 Å². The molecule has 0 radical (unpaired) electrons. The summed E-state index contributed by atoms with van der Waals surface area (Å²) < 4.78 is 19.8. The van der Waals surface area contributed by atoms with Crippen molar-refractivity contribution in [2.45, 2.75) is 19.4 Å². The van der Waals surface area contributed by atoms with Gasteiger partial charge in [-0.2, -0.15) is 0 Å². The molecule has 0 aliphatic carbocycles. The molecule has 1 aliphatic heterocycles. The minimum atomic E-state index is -1.18. The number of piperazine rings is 1. The molecule has 6 heteroatoms. The lowest BCUT2D eigenvalue weighted by molar-refractivity contribution is 0.0501. The van der Waals surface area contributed by atoms with Crippen LogP contribution in [0.25, 0.3) is 11.1 Å². The largest absolute Gasteiger partial charge is 0.437 e. The number of aromatic nitrogens is 1. The number of benzene rings is 1. The van der Waals surface area contributed by atoms with E-state index in [0.717, 1.165) is 26.2 Å². The van der Waals surface area contributed by atoms with E-state index in [9.17, 15) is 9.50 Å². The third kappa shape index (κ3) is 2.36. The van der Waals surface area contributed by atoms with Gasteiger partial charge in [-0.25, -0.2) is 9.37 Å². The lowest BCUT2D eigenvalue weighted by Gasteiger charge is -2.29. The van der Waals surface area contributed by atoms with E-state index in [1.165, 1.54) is 6.07 Å². The van der Waals surface area contributed by atoms with Crippen LogP contribution in [0.1, 0.15) is 19.7 Å². The topological polar surface area (TPSA) is 61.5 Å². The minimum Gasteiger partial charge on any atom is -0.437 e. The zero-order valence-corrected chi connectivity index (χ0v) is 11.6. The molecule has 1 fully saturated rings. The average Bonchev–Trinajstić information content (AvgIpc) is 2.81. The van der Waals surface area contributed by atoms with Crippen molar-refractivity contribution in [3.8, 4) is 0 Å². The quantitative estimate of drug-likeness (QED) is 0.874. The van der Waals surface area contributed by atoms with Gasteiger partial charge < -0.3 is 19.7 Å². The second-order valence-electron chi connectivity index (χ2n) is 5.59. The highest BCUT2D eigenvalue weighted by molar-refractivity contribution is 5.78. The van der Waals surface area contributed by atoms with E-state index >= 15 is 0 Å². The van der Waals surface area contributed by atoms with E-state index in [1.807, 2.05) is 4.90 Å². The highest BCUT2D eigenvalue weighted by Crippen LogP contribution is 2.29. The number of oxazole rings is 1. The number of rotatable bonds is 2. The van der Waals surface area contributed by atoms with Gasteiger partial charge in [0.15, 0.2) is 5.58 Å². The monoisotopic (exact) mass is 279 g/mol. The Labute approximate surface area is 116 Å². The zero-order valence-electron chi connectivity index (χ0n) is 11.6. The Morgan fingerprint density at radius 3 is 2.70 bits per heavy atom. The van der Waals surface area contributed by atoms with Crippen molar-refractivity contribution < 1.29 is 13.9 Å². The SMILES string of the molecule is CC(C)(O)c1nc2cc(F)c(N3CCNCC3)cc2o1. The first-order valence-electron chi connectivity index (χ1n) is 6.74. The highest BCUT2D eigenvalue weighted by atomic mass is 19.1. The van der Waals surface area contributed by atoms with E-state index in [4.69, 9.17) is 4.42 Å². The molecule has 108 valence electrons. The Hall–Kier alpha value is -1.66. The van der Waals surface area contributed by atoms with E-state index in [2.05, 4.69) is 10.3 Å². The van der Waals surface area contributed by atoms with Gasteiger partial charge >= 0.3 is 0 Å². The third-order valence-electron chi connectivity index (χ3n) is 3.44. The van der Waals surface area contributed by atoms with Gasteiger partial charge in [0.25, 0.3) is 0 Å². The smallest absolute Gasteiger partial charge is 0.226 e. The predicted octanol–water partition coefficient (Wildman–Crippen LogP) is 1.60. The highest BCUT2D eigenvalue weighted by Gasteiger charge is 2.24. The summed E-state index contributed by atoms with van der Waals surface area (Å²) in [6, 6.07) is 3.03. The molecule has 1 aromatic carbocycles. The number of halogens is 1. The van der Waals surface area contributed by atoms with Crippen molar-refractivity contribution in [2.24, 2.45) is 0 Å². The summed E-state index contributed by atoms with van der Waals surface area (Å²) in [5.41, 5.74) is 0.276. The first kappa shape index (κ1) is 13.3. The molecule has 0 atom stereocenters. The molecular weight excluding hydrogens is 261 g/mol. The van der Waals surface area contributed by atoms with Gasteiger partial charge in [-0.3, -0.25) is 0 Å². The number of nitrogens with zero attached hydrogens (tertiary/aromatic N) is 2. The molecule has 0 unspecified atom stereocenters. The van der Waals surface area contributed by atoms with Gasteiger partial charge in [-0.1, -0.05) is 0 Å². The van der Waals surface area contributed by atoms with Gasteiger partial charge in [0.1, 0.15) is 16.9 Å². The summed E-state index contributed by atoms with van der Waals surface area (Å²) in [5, 5.41) is 13.1. The van der Waals surface area contributed by atoms with Crippen molar-refractivity contribution in [1.82, 2.24) is 10.3 Å². The van der Waals surface area contributed by atoms with Gasteiger partial charge in [0, 0.05) is 38.3 Å². The normalized spacial score (nSPS) is 16.9. The molecule has 1 aromatic heterocycles. The summed E-state index contributed by atoms with van der Waals surface area (Å²) in [6.45, 7) is 6.37. The molecule has 0 spiro atoms. The summed E-state index contributed by atoms with van der Waals surface area (Å²) >= 11 is 0. The van der Waals surface area contributed by atoms with Crippen LogP contribution in [0.4, 0.5) is 10.1 Å². The van der Waals surface area contributed by atoms with Crippen LogP contribution in [0.2, 0.25) is 0 Å². The Bertz CT molecular complexity index is 627. The molecule has 1 saturated heterocycles. The first-order chi connectivity index (χ1) is 9.45. The molecule has 20 heavy (non-hydrogen) atoms. The summed E-state index contributed by atoms with van der Waals surface area (Å²) in [6.07, 6.45) is 0. The lowest BCUT2D eigenvalue weighted by atomic mass is 10.1. The van der Waals surface area contributed by atoms with Gasteiger partial charge in [0.2, 0.25) is 5.89 Å². The van der Waals surface area contributed by atoms with Crippen LogP contribution in [-0.2, 0) is 5.60 Å². The summed E-state index contributed by atoms with van der Waals surface area (Å²) in [4.78, 5) is 6.13. The Morgan fingerprint density at radius 1 is 1.35 bits per heavy atom. The van der Waals surface area contributed by atoms with E-state index < -0.39 is 5.60 Å². The maximum absolute atomic E-state index is 14.2. The molecule has 0 amide bonds. The Balaban J connectivity index is 2.04. The van der Waals surface area contributed by atoms with Crippen molar-refractivity contribution in [1.29, 1.82) is 0 Å². The van der Waals surface area contributed by atoms with Crippen LogP contribution in [0.15, 0.2) is 16.5 Å². The van der Waals surface area contributed by atoms with E-state index in [-0.39, 0.29) is 11.7 Å². The third-order valence-corrected chi connectivity index (χ3v) is 3.44. The molecule has 3 rings (SSSR count). The number of hydrogen-bond donors (Lipinski definition) is 2. The van der Waals surface area contributed by atoms with Crippen molar-refractivity contribution in [3.63, 3.8) is 0 Å². The molecule has 2 heterocycles. The standard InChI is InChI=1S/C14H18FN3O2/c1-14(2,19)13-17-10-7-9(15)11(8-12(10)20-13)18-5-3-16-4-6-18/h7-8,16,19H,3-6H2,1-2H3. The second-order valence-corrected chi connectivity index (χ2v) is 5.59. The minimum absolute atomic E-state index is 0.198. The molecule has 2 aromatic rings. The molecular formula is C14H18FN3O2. The van der Waals surface area contributed by atoms with E-state index in [0.29, 0.717) is 16.8 Å². The Kier molecular flexibility index (Phi) is 3.14.